The van der Waals surface area contributed by atoms with Crippen molar-refractivity contribution in [2.45, 2.75) is 27.7 Å². The molecule has 0 fully saturated rings. The molecule has 0 N–H and O–H groups in total. The summed E-state index contributed by atoms with van der Waals surface area (Å²) in [5.74, 6) is 0. The summed E-state index contributed by atoms with van der Waals surface area (Å²) < 4.78 is 0. The van der Waals surface area contributed by atoms with Crippen molar-refractivity contribution in [3.05, 3.63) is 241 Å². The lowest BCUT2D eigenvalue weighted by Gasteiger charge is -2.29. The van der Waals surface area contributed by atoms with Crippen molar-refractivity contribution in [3.63, 3.8) is 0 Å². The van der Waals surface area contributed by atoms with Crippen LogP contribution in [-0.2, 0) is 0 Å². The van der Waals surface area contributed by atoms with Gasteiger partial charge in [-0.3, -0.25) is 0 Å². The van der Waals surface area contributed by atoms with E-state index in [0.717, 1.165) is 34.1 Å². The Bertz CT molecular complexity index is 2510. The molecule has 0 aromatic heterocycles. The molecule has 0 saturated carbocycles. The van der Waals surface area contributed by atoms with E-state index in [1.165, 1.54) is 66.8 Å². The van der Waals surface area contributed by atoms with Gasteiger partial charge in [0.25, 0.3) is 0 Å². The topological polar surface area (TPSA) is 6.48 Å². The second-order valence-corrected chi connectivity index (χ2v) is 15.9. The van der Waals surface area contributed by atoms with E-state index in [1.54, 1.807) is 0 Å². The molecule has 9 aromatic carbocycles. The van der Waals surface area contributed by atoms with Gasteiger partial charge < -0.3 is 9.80 Å². The van der Waals surface area contributed by atoms with E-state index in [1.807, 2.05) is 0 Å². The molecule has 0 spiro atoms. The van der Waals surface area contributed by atoms with Crippen molar-refractivity contribution in [1.82, 2.24) is 0 Å². The molecule has 0 radical (unpaired) electrons. The summed E-state index contributed by atoms with van der Waals surface area (Å²) >= 11 is 0. The van der Waals surface area contributed by atoms with E-state index in [0.29, 0.717) is 0 Å². The summed E-state index contributed by atoms with van der Waals surface area (Å²) in [4.78, 5) is 4.75. The zero-order valence-electron chi connectivity index (χ0n) is 34.7. The Kier molecular flexibility index (Phi) is 10.7. The smallest absolute Gasteiger partial charge is 0.0473 e. The highest BCUT2D eigenvalue weighted by Gasteiger charge is 2.19. The lowest BCUT2D eigenvalue weighted by Crippen LogP contribution is -2.12. The lowest BCUT2D eigenvalue weighted by atomic mass is 9.96. The first-order chi connectivity index (χ1) is 29.3. The second-order valence-electron chi connectivity index (χ2n) is 15.9. The van der Waals surface area contributed by atoms with Crippen LogP contribution in [0.3, 0.4) is 0 Å². The monoisotopic (exact) mass is 772 g/mol. The van der Waals surface area contributed by atoms with Crippen LogP contribution >= 0.6 is 0 Å². The number of anilines is 6. The molecule has 2 nitrogen and oxygen atoms in total. The third kappa shape index (κ3) is 8.27. The summed E-state index contributed by atoms with van der Waals surface area (Å²) in [7, 11) is 0. The van der Waals surface area contributed by atoms with Crippen LogP contribution in [-0.4, -0.2) is 0 Å². The Labute approximate surface area is 355 Å². The summed E-state index contributed by atoms with van der Waals surface area (Å²) in [6.45, 7) is 8.56. The Morgan fingerprint density at radius 2 is 0.433 bits per heavy atom. The first-order valence-electron chi connectivity index (χ1n) is 20.7. The van der Waals surface area contributed by atoms with Gasteiger partial charge in [0.2, 0.25) is 0 Å². The fraction of sp³-hybridized carbons (Fsp3) is 0.0690. The van der Waals surface area contributed by atoms with Crippen molar-refractivity contribution < 1.29 is 0 Å². The van der Waals surface area contributed by atoms with Crippen LogP contribution in [0.5, 0.6) is 0 Å². The average molecular weight is 773 g/mol. The van der Waals surface area contributed by atoms with Crippen molar-refractivity contribution >= 4 is 34.1 Å². The fourth-order valence-corrected chi connectivity index (χ4v) is 7.93. The summed E-state index contributed by atoms with van der Waals surface area (Å²) in [5.41, 5.74) is 21.0. The van der Waals surface area contributed by atoms with E-state index < -0.39 is 0 Å². The minimum Gasteiger partial charge on any atom is -0.310 e. The number of hydrogen-bond donors (Lipinski definition) is 0. The molecule has 0 saturated heterocycles. The number of aryl methyl sites for hydroxylation is 4. The highest BCUT2D eigenvalue weighted by atomic mass is 15.2. The molecular weight excluding hydrogens is 725 g/mol. The number of nitrogens with zero attached hydrogens (tertiary/aromatic N) is 2. The maximum absolute atomic E-state index is 2.37. The van der Waals surface area contributed by atoms with E-state index >= 15 is 0 Å². The zero-order valence-corrected chi connectivity index (χ0v) is 34.7. The van der Waals surface area contributed by atoms with Gasteiger partial charge in [0.05, 0.1) is 0 Å². The normalized spacial score (nSPS) is 11.0. The van der Waals surface area contributed by atoms with Crippen molar-refractivity contribution in [3.8, 4) is 44.5 Å². The Hall–Kier alpha value is -7.42. The molecule has 290 valence electrons. The predicted octanol–water partition coefficient (Wildman–Crippen LogP) is 16.5. The van der Waals surface area contributed by atoms with Crippen LogP contribution < -0.4 is 9.80 Å². The van der Waals surface area contributed by atoms with Gasteiger partial charge in [-0.2, -0.15) is 0 Å². The van der Waals surface area contributed by atoms with Crippen molar-refractivity contribution in [2.24, 2.45) is 0 Å². The minimum absolute atomic E-state index is 1.07. The third-order valence-corrected chi connectivity index (χ3v) is 11.3. The van der Waals surface area contributed by atoms with Gasteiger partial charge in [0, 0.05) is 34.1 Å². The molecular formula is C58H48N2. The van der Waals surface area contributed by atoms with Crippen LogP contribution in [0.25, 0.3) is 44.5 Å². The maximum Gasteiger partial charge on any atom is 0.0473 e. The first-order valence-corrected chi connectivity index (χ1v) is 20.7. The predicted molar refractivity (Wildman–Crippen MR) is 256 cm³/mol. The Balaban J connectivity index is 1.19. The van der Waals surface area contributed by atoms with Crippen LogP contribution in [0.2, 0.25) is 0 Å². The fourth-order valence-electron chi connectivity index (χ4n) is 7.93. The van der Waals surface area contributed by atoms with Crippen LogP contribution in [0.15, 0.2) is 218 Å². The van der Waals surface area contributed by atoms with E-state index in [-0.39, 0.29) is 0 Å². The molecule has 0 amide bonds. The lowest BCUT2D eigenvalue weighted by molar-refractivity contribution is 1.26. The molecule has 0 aliphatic rings. The van der Waals surface area contributed by atoms with Crippen molar-refractivity contribution in [1.29, 1.82) is 0 Å². The van der Waals surface area contributed by atoms with Gasteiger partial charge in [-0.1, -0.05) is 156 Å². The molecule has 0 atom stereocenters. The molecule has 9 aromatic rings. The number of para-hydroxylation sites is 2. The third-order valence-electron chi connectivity index (χ3n) is 11.3. The summed E-state index contributed by atoms with van der Waals surface area (Å²) in [5, 5.41) is 0. The van der Waals surface area contributed by atoms with Crippen LogP contribution in [0.1, 0.15) is 22.3 Å². The van der Waals surface area contributed by atoms with Crippen LogP contribution in [0.4, 0.5) is 34.1 Å². The first kappa shape index (κ1) is 38.1. The minimum atomic E-state index is 1.07. The highest BCUT2D eigenvalue weighted by molar-refractivity contribution is 5.88. The Morgan fingerprint density at radius 3 is 0.683 bits per heavy atom. The van der Waals surface area contributed by atoms with Gasteiger partial charge in [-0.15, -0.1) is 0 Å². The maximum atomic E-state index is 2.37. The number of rotatable bonds is 10. The molecule has 60 heavy (non-hydrogen) atoms. The summed E-state index contributed by atoms with van der Waals surface area (Å²) in [6.07, 6.45) is 0. The molecule has 0 bridgehead atoms. The molecule has 0 unspecified atom stereocenters. The molecule has 0 aliphatic carbocycles. The quantitative estimate of drug-likeness (QED) is 0.137. The van der Waals surface area contributed by atoms with Crippen molar-refractivity contribution in [2.75, 3.05) is 9.80 Å². The van der Waals surface area contributed by atoms with E-state index in [4.69, 9.17) is 0 Å². The molecule has 9 rings (SSSR count). The van der Waals surface area contributed by atoms with Gasteiger partial charge in [0.15, 0.2) is 0 Å². The van der Waals surface area contributed by atoms with E-state index in [2.05, 4.69) is 256 Å². The zero-order chi connectivity index (χ0) is 41.0. The summed E-state index contributed by atoms with van der Waals surface area (Å²) in [6, 6.07) is 79.7. The molecule has 2 heteroatoms. The van der Waals surface area contributed by atoms with Gasteiger partial charge >= 0.3 is 0 Å². The van der Waals surface area contributed by atoms with Gasteiger partial charge in [-0.25, -0.2) is 0 Å². The standard InChI is InChI=1S/C58H48N2/c1-41-15-23-45(24-16-41)49-35-50(46-25-17-42(2)18-26-46)38-57(37-49)59(53-11-7-5-8-12-53)55-31-33-56(34-32-55)60(54-13-9-6-10-14-54)58-39-51(47-27-19-43(3)20-28-47)36-52(40-58)48-29-21-44(4)22-30-48/h5-40H,1-4H3. The number of hydrogen-bond acceptors (Lipinski definition) is 2. The Morgan fingerprint density at radius 1 is 0.200 bits per heavy atom. The van der Waals surface area contributed by atoms with Gasteiger partial charge in [0.1, 0.15) is 0 Å². The SMILES string of the molecule is Cc1ccc(-c2cc(-c3ccc(C)cc3)cc(N(c3ccccc3)c3ccc(N(c4ccccc4)c4cc(-c5ccc(C)cc5)cc(-c5ccc(C)cc5)c4)cc3)c2)cc1. The average Bonchev–Trinajstić information content (AvgIpc) is 3.29. The molecule has 0 heterocycles. The number of benzene rings is 9. The molecule has 0 aliphatic heterocycles. The van der Waals surface area contributed by atoms with Crippen LogP contribution in [0, 0.1) is 27.7 Å². The highest BCUT2D eigenvalue weighted by Crippen LogP contribution is 2.43. The van der Waals surface area contributed by atoms with Gasteiger partial charge in [-0.05, 0) is 157 Å². The largest absolute Gasteiger partial charge is 0.310 e. The van der Waals surface area contributed by atoms with E-state index in [9.17, 15) is 0 Å². The second kappa shape index (κ2) is 16.8.